The minimum Gasteiger partial charge on any atom is -0.494 e. The SMILES string of the molecule is COc1c(Br)cc(CNCc2cnc[nH]2)cc1Br. The number of halogens is 2. The van der Waals surface area contributed by atoms with Gasteiger partial charge in [0.1, 0.15) is 5.75 Å². The first-order valence-corrected chi connectivity index (χ1v) is 6.99. The Morgan fingerprint density at radius 3 is 2.56 bits per heavy atom. The predicted molar refractivity (Wildman–Crippen MR) is 77.5 cm³/mol. The molecule has 0 amide bonds. The van der Waals surface area contributed by atoms with Crippen molar-refractivity contribution in [2.24, 2.45) is 0 Å². The molecule has 0 aliphatic rings. The molecule has 4 nitrogen and oxygen atoms in total. The number of imidazole rings is 1. The lowest BCUT2D eigenvalue weighted by atomic mass is 10.2. The molecule has 1 aromatic carbocycles. The van der Waals surface area contributed by atoms with E-state index < -0.39 is 0 Å². The number of aromatic nitrogens is 2. The van der Waals surface area contributed by atoms with Crippen LogP contribution in [0.1, 0.15) is 11.3 Å². The van der Waals surface area contributed by atoms with Gasteiger partial charge in [-0.25, -0.2) is 4.98 Å². The molecule has 2 rings (SSSR count). The molecule has 18 heavy (non-hydrogen) atoms. The molecule has 0 saturated carbocycles. The van der Waals surface area contributed by atoms with Crippen molar-refractivity contribution < 1.29 is 4.74 Å². The first-order chi connectivity index (χ1) is 8.70. The van der Waals surface area contributed by atoms with E-state index in [1.165, 1.54) is 5.56 Å². The van der Waals surface area contributed by atoms with E-state index in [-0.39, 0.29) is 0 Å². The third-order valence-corrected chi connectivity index (χ3v) is 3.64. The Balaban J connectivity index is 1.97. The fourth-order valence-electron chi connectivity index (χ4n) is 1.63. The third kappa shape index (κ3) is 3.34. The molecule has 0 spiro atoms. The van der Waals surface area contributed by atoms with E-state index in [9.17, 15) is 0 Å². The van der Waals surface area contributed by atoms with E-state index in [4.69, 9.17) is 4.74 Å². The maximum Gasteiger partial charge on any atom is 0.147 e. The number of rotatable bonds is 5. The van der Waals surface area contributed by atoms with Crippen LogP contribution in [0.5, 0.6) is 5.75 Å². The van der Waals surface area contributed by atoms with Crippen molar-refractivity contribution in [3.05, 3.63) is 44.9 Å². The fourth-order valence-corrected chi connectivity index (χ4v) is 3.24. The first kappa shape index (κ1) is 13.6. The van der Waals surface area contributed by atoms with Gasteiger partial charge in [-0.05, 0) is 49.6 Å². The van der Waals surface area contributed by atoms with Gasteiger partial charge in [0.15, 0.2) is 0 Å². The number of hydrogen-bond acceptors (Lipinski definition) is 3. The normalized spacial score (nSPS) is 10.6. The number of nitrogens with zero attached hydrogens (tertiary/aromatic N) is 1. The van der Waals surface area contributed by atoms with Gasteiger partial charge in [-0.3, -0.25) is 0 Å². The van der Waals surface area contributed by atoms with E-state index in [1.54, 1.807) is 13.4 Å². The van der Waals surface area contributed by atoms with Gasteiger partial charge in [-0.2, -0.15) is 0 Å². The van der Waals surface area contributed by atoms with Crippen molar-refractivity contribution in [3.63, 3.8) is 0 Å². The van der Waals surface area contributed by atoms with Crippen LogP contribution in [0, 0.1) is 0 Å². The Kier molecular flexibility index (Phi) is 4.79. The van der Waals surface area contributed by atoms with E-state index in [1.807, 2.05) is 18.3 Å². The molecule has 0 aliphatic heterocycles. The van der Waals surface area contributed by atoms with E-state index in [0.29, 0.717) is 0 Å². The number of benzene rings is 1. The molecule has 1 heterocycles. The van der Waals surface area contributed by atoms with Crippen LogP contribution in [0.4, 0.5) is 0 Å². The summed E-state index contributed by atoms with van der Waals surface area (Å²) in [5.41, 5.74) is 2.25. The highest BCUT2D eigenvalue weighted by atomic mass is 79.9. The van der Waals surface area contributed by atoms with Crippen LogP contribution in [0.3, 0.4) is 0 Å². The molecule has 0 unspecified atom stereocenters. The molecule has 96 valence electrons. The summed E-state index contributed by atoms with van der Waals surface area (Å²) in [7, 11) is 1.65. The van der Waals surface area contributed by atoms with Gasteiger partial charge < -0.3 is 15.0 Å². The number of H-pyrrole nitrogens is 1. The molecular formula is C12H13Br2N3O. The van der Waals surface area contributed by atoms with Crippen LogP contribution in [0.15, 0.2) is 33.6 Å². The zero-order valence-electron chi connectivity index (χ0n) is 9.84. The summed E-state index contributed by atoms with van der Waals surface area (Å²) >= 11 is 6.98. The Morgan fingerprint density at radius 2 is 2.00 bits per heavy atom. The summed E-state index contributed by atoms with van der Waals surface area (Å²) in [6.07, 6.45) is 3.49. The zero-order chi connectivity index (χ0) is 13.0. The average molecular weight is 375 g/mol. The molecular weight excluding hydrogens is 362 g/mol. The highest BCUT2D eigenvalue weighted by Gasteiger charge is 2.07. The van der Waals surface area contributed by atoms with Gasteiger partial charge in [-0.15, -0.1) is 0 Å². The smallest absolute Gasteiger partial charge is 0.147 e. The molecule has 0 saturated heterocycles. The minimum atomic E-state index is 0.765. The van der Waals surface area contributed by atoms with Crippen LogP contribution in [0.25, 0.3) is 0 Å². The summed E-state index contributed by atoms with van der Waals surface area (Å²) < 4.78 is 7.15. The molecule has 1 aromatic heterocycles. The van der Waals surface area contributed by atoms with Crippen molar-refractivity contribution in [3.8, 4) is 5.75 Å². The topological polar surface area (TPSA) is 49.9 Å². The second-order valence-corrected chi connectivity index (χ2v) is 5.48. The quantitative estimate of drug-likeness (QED) is 0.844. The lowest BCUT2D eigenvalue weighted by Crippen LogP contribution is -2.13. The van der Waals surface area contributed by atoms with Crippen LogP contribution in [-0.2, 0) is 13.1 Å². The van der Waals surface area contributed by atoms with Gasteiger partial charge >= 0.3 is 0 Å². The van der Waals surface area contributed by atoms with Gasteiger partial charge in [0, 0.05) is 25.0 Å². The molecule has 0 fully saturated rings. The zero-order valence-corrected chi connectivity index (χ0v) is 13.0. The van der Waals surface area contributed by atoms with E-state index in [2.05, 4.69) is 47.1 Å². The van der Waals surface area contributed by atoms with E-state index >= 15 is 0 Å². The van der Waals surface area contributed by atoms with Gasteiger partial charge in [0.25, 0.3) is 0 Å². The second kappa shape index (κ2) is 6.36. The number of methoxy groups -OCH3 is 1. The van der Waals surface area contributed by atoms with Crippen LogP contribution < -0.4 is 10.1 Å². The number of ether oxygens (including phenoxy) is 1. The third-order valence-electron chi connectivity index (χ3n) is 2.46. The second-order valence-electron chi connectivity index (χ2n) is 3.77. The molecule has 0 aliphatic carbocycles. The lowest BCUT2D eigenvalue weighted by molar-refractivity contribution is 0.409. The number of aromatic amines is 1. The standard InChI is InChI=1S/C12H13Br2N3O/c1-18-12-10(13)2-8(3-11(12)14)4-15-5-9-6-16-7-17-9/h2-3,6-7,15H,4-5H2,1H3,(H,16,17). The molecule has 6 heteroatoms. The average Bonchev–Trinajstić information content (AvgIpc) is 2.82. The van der Waals surface area contributed by atoms with Crippen molar-refractivity contribution in [2.45, 2.75) is 13.1 Å². The van der Waals surface area contributed by atoms with Gasteiger partial charge in [0.2, 0.25) is 0 Å². The van der Waals surface area contributed by atoms with Crippen molar-refractivity contribution in [1.29, 1.82) is 0 Å². The maximum absolute atomic E-state index is 5.27. The fraction of sp³-hybridized carbons (Fsp3) is 0.250. The predicted octanol–water partition coefficient (Wildman–Crippen LogP) is 3.23. The Morgan fingerprint density at radius 1 is 1.28 bits per heavy atom. The molecule has 2 aromatic rings. The van der Waals surface area contributed by atoms with Crippen LogP contribution >= 0.6 is 31.9 Å². The summed E-state index contributed by atoms with van der Waals surface area (Å²) in [5.74, 6) is 0.812. The van der Waals surface area contributed by atoms with Crippen molar-refractivity contribution >= 4 is 31.9 Å². The summed E-state index contributed by atoms with van der Waals surface area (Å²) in [6.45, 7) is 1.54. The summed E-state index contributed by atoms with van der Waals surface area (Å²) in [4.78, 5) is 7.02. The van der Waals surface area contributed by atoms with Gasteiger partial charge in [-0.1, -0.05) is 0 Å². The number of hydrogen-bond donors (Lipinski definition) is 2. The monoisotopic (exact) mass is 373 g/mol. The first-order valence-electron chi connectivity index (χ1n) is 5.40. The molecule has 2 N–H and O–H groups in total. The highest BCUT2D eigenvalue weighted by Crippen LogP contribution is 2.34. The molecule has 0 radical (unpaired) electrons. The Labute approximate surface area is 122 Å². The van der Waals surface area contributed by atoms with Crippen molar-refractivity contribution in [2.75, 3.05) is 7.11 Å². The van der Waals surface area contributed by atoms with Crippen molar-refractivity contribution in [1.82, 2.24) is 15.3 Å². The molecule has 0 atom stereocenters. The summed E-state index contributed by atoms with van der Waals surface area (Å²) in [5, 5.41) is 3.34. The highest BCUT2D eigenvalue weighted by molar-refractivity contribution is 9.11. The largest absolute Gasteiger partial charge is 0.494 e. The number of nitrogens with one attached hydrogen (secondary N) is 2. The van der Waals surface area contributed by atoms with Crippen LogP contribution in [-0.4, -0.2) is 17.1 Å². The lowest BCUT2D eigenvalue weighted by Gasteiger charge is -2.09. The van der Waals surface area contributed by atoms with Crippen LogP contribution in [0.2, 0.25) is 0 Å². The van der Waals surface area contributed by atoms with Gasteiger partial charge in [0.05, 0.1) is 22.4 Å². The Bertz CT molecular complexity index is 491. The summed E-state index contributed by atoms with van der Waals surface area (Å²) in [6, 6.07) is 4.09. The molecule has 0 bridgehead atoms. The minimum absolute atomic E-state index is 0.765. The Hall–Kier alpha value is -0.850. The maximum atomic E-state index is 5.27. The van der Waals surface area contributed by atoms with E-state index in [0.717, 1.165) is 33.5 Å².